The summed E-state index contributed by atoms with van der Waals surface area (Å²) in [5.41, 5.74) is 3.61. The van der Waals surface area contributed by atoms with Crippen LogP contribution in [0.5, 0.6) is 11.5 Å². The molecule has 0 radical (unpaired) electrons. The van der Waals surface area contributed by atoms with Crippen LogP contribution < -0.4 is 9.64 Å². The predicted octanol–water partition coefficient (Wildman–Crippen LogP) is 3.04. The fourth-order valence-electron chi connectivity index (χ4n) is 3.64. The number of cyclic esters (lactones) is 1. The number of benzene rings is 2. The molecular weight excluding hydrogens is 346 g/mol. The molecule has 0 bridgehead atoms. The maximum Gasteiger partial charge on any atom is 0.336 e. The lowest BCUT2D eigenvalue weighted by atomic mass is 9.84. The van der Waals surface area contributed by atoms with E-state index in [0.717, 1.165) is 16.8 Å². The zero-order chi connectivity index (χ0) is 19.1. The second-order valence-corrected chi connectivity index (χ2v) is 6.69. The number of methoxy groups -OCH3 is 1. The molecule has 27 heavy (non-hydrogen) atoms. The molecule has 2 aromatic rings. The molecule has 1 N–H and O–H groups in total. The number of rotatable bonds is 3. The van der Waals surface area contributed by atoms with E-state index < -0.39 is 11.9 Å². The lowest BCUT2D eigenvalue weighted by Crippen LogP contribution is -2.37. The number of ether oxygens (including phenoxy) is 2. The first-order valence-corrected chi connectivity index (χ1v) is 8.66. The topological polar surface area (TPSA) is 76.1 Å². The molecule has 6 nitrogen and oxygen atoms in total. The van der Waals surface area contributed by atoms with Crippen LogP contribution in [-0.4, -0.2) is 30.7 Å². The van der Waals surface area contributed by atoms with Gasteiger partial charge >= 0.3 is 5.97 Å². The Bertz CT molecular complexity index is 961. The van der Waals surface area contributed by atoms with Gasteiger partial charge in [0.25, 0.3) is 0 Å². The Labute approximate surface area is 156 Å². The van der Waals surface area contributed by atoms with Crippen LogP contribution in [0, 0.1) is 6.92 Å². The van der Waals surface area contributed by atoms with Crippen molar-refractivity contribution in [3.05, 3.63) is 64.9 Å². The maximum absolute atomic E-state index is 13.0. The van der Waals surface area contributed by atoms with Gasteiger partial charge in [-0.1, -0.05) is 23.8 Å². The van der Waals surface area contributed by atoms with Crippen LogP contribution in [0.25, 0.3) is 0 Å². The molecule has 2 aromatic carbocycles. The van der Waals surface area contributed by atoms with Crippen molar-refractivity contribution >= 4 is 17.6 Å². The summed E-state index contributed by atoms with van der Waals surface area (Å²) in [7, 11) is 1.46. The third kappa shape index (κ3) is 2.83. The quantitative estimate of drug-likeness (QED) is 0.846. The highest BCUT2D eigenvalue weighted by molar-refractivity contribution is 6.06. The fourth-order valence-corrected chi connectivity index (χ4v) is 3.64. The van der Waals surface area contributed by atoms with Crippen molar-refractivity contribution in [2.24, 2.45) is 0 Å². The first kappa shape index (κ1) is 17.1. The standard InChI is InChI=1S/C21H19NO5/c1-12-3-6-14(7-4-12)22-16-11-27-21(25)20(16)15(10-19(22)24)13-5-8-17(23)18(9-13)26-2/h3-9,15,23H,10-11H2,1-2H3. The van der Waals surface area contributed by atoms with E-state index in [1.165, 1.54) is 13.2 Å². The number of carbonyl (C=O) groups excluding carboxylic acids is 2. The number of esters is 1. The molecular formula is C21H19NO5. The van der Waals surface area contributed by atoms with Gasteiger partial charge < -0.3 is 14.6 Å². The van der Waals surface area contributed by atoms with E-state index in [4.69, 9.17) is 9.47 Å². The Kier molecular flexibility index (Phi) is 4.11. The Morgan fingerprint density at radius 1 is 1.15 bits per heavy atom. The van der Waals surface area contributed by atoms with Gasteiger partial charge in [0.1, 0.15) is 6.61 Å². The molecule has 0 spiro atoms. The predicted molar refractivity (Wildman–Crippen MR) is 98.7 cm³/mol. The minimum absolute atomic E-state index is 0.00729. The molecule has 138 valence electrons. The van der Waals surface area contributed by atoms with Crippen LogP contribution in [0.1, 0.15) is 23.5 Å². The number of aryl methyl sites for hydroxylation is 1. The zero-order valence-electron chi connectivity index (χ0n) is 15.1. The van der Waals surface area contributed by atoms with Gasteiger partial charge in [0.15, 0.2) is 11.5 Å². The largest absolute Gasteiger partial charge is 0.504 e. The number of phenolic OH excluding ortho intramolecular Hbond substituents is 1. The molecule has 0 aromatic heterocycles. The van der Waals surface area contributed by atoms with E-state index in [1.807, 2.05) is 31.2 Å². The Morgan fingerprint density at radius 2 is 1.89 bits per heavy atom. The van der Waals surface area contributed by atoms with Gasteiger partial charge in [0, 0.05) is 18.0 Å². The van der Waals surface area contributed by atoms with Crippen molar-refractivity contribution in [2.45, 2.75) is 19.3 Å². The van der Waals surface area contributed by atoms with Crippen molar-refractivity contribution in [1.29, 1.82) is 0 Å². The van der Waals surface area contributed by atoms with E-state index in [9.17, 15) is 14.7 Å². The molecule has 1 atom stereocenters. The van der Waals surface area contributed by atoms with Gasteiger partial charge in [0.05, 0.1) is 18.4 Å². The van der Waals surface area contributed by atoms with Gasteiger partial charge in [-0.25, -0.2) is 4.79 Å². The molecule has 2 aliphatic heterocycles. The first-order valence-electron chi connectivity index (χ1n) is 8.66. The maximum atomic E-state index is 13.0. The van der Waals surface area contributed by atoms with E-state index >= 15 is 0 Å². The molecule has 4 rings (SSSR count). The van der Waals surface area contributed by atoms with Crippen LogP contribution in [0.4, 0.5) is 5.69 Å². The SMILES string of the molecule is COc1cc(C2CC(=O)N(c3ccc(C)cc3)C3=C2C(=O)OC3)ccc1O. The average molecular weight is 365 g/mol. The summed E-state index contributed by atoms with van der Waals surface area (Å²) in [6.45, 7) is 2.04. The lowest BCUT2D eigenvalue weighted by Gasteiger charge is -2.32. The molecule has 6 heteroatoms. The third-order valence-corrected chi connectivity index (χ3v) is 5.02. The first-order chi connectivity index (χ1) is 13.0. The number of nitrogens with zero attached hydrogens (tertiary/aromatic N) is 1. The monoisotopic (exact) mass is 365 g/mol. The molecule has 1 amide bonds. The summed E-state index contributed by atoms with van der Waals surface area (Å²) >= 11 is 0. The van der Waals surface area contributed by atoms with Crippen LogP contribution in [0.3, 0.4) is 0 Å². The molecule has 0 saturated carbocycles. The number of amides is 1. The summed E-state index contributed by atoms with van der Waals surface area (Å²) in [4.78, 5) is 27.0. The Balaban J connectivity index is 1.81. The minimum Gasteiger partial charge on any atom is -0.504 e. The molecule has 2 aliphatic rings. The minimum atomic E-state index is -0.432. The molecule has 2 heterocycles. The van der Waals surface area contributed by atoms with Crippen molar-refractivity contribution in [2.75, 3.05) is 18.6 Å². The van der Waals surface area contributed by atoms with Gasteiger partial charge in [0.2, 0.25) is 5.91 Å². The van der Waals surface area contributed by atoms with E-state index in [0.29, 0.717) is 17.0 Å². The van der Waals surface area contributed by atoms with Crippen LogP contribution in [0.2, 0.25) is 0 Å². The fraction of sp³-hybridized carbons (Fsp3) is 0.238. The summed E-state index contributed by atoms with van der Waals surface area (Å²) in [6, 6.07) is 12.5. The number of phenols is 1. The second kappa shape index (κ2) is 6.46. The summed E-state index contributed by atoms with van der Waals surface area (Å²) in [6.07, 6.45) is 0.135. The van der Waals surface area contributed by atoms with E-state index in [1.54, 1.807) is 17.0 Å². The van der Waals surface area contributed by atoms with Gasteiger partial charge in [-0.05, 0) is 36.8 Å². The average Bonchev–Trinajstić information content (AvgIpc) is 3.04. The van der Waals surface area contributed by atoms with Crippen LogP contribution in [-0.2, 0) is 14.3 Å². The highest BCUT2D eigenvalue weighted by atomic mass is 16.5. The van der Waals surface area contributed by atoms with Gasteiger partial charge in [-0.2, -0.15) is 0 Å². The number of hydrogen-bond acceptors (Lipinski definition) is 5. The number of hydrogen-bond donors (Lipinski definition) is 1. The normalized spacial score (nSPS) is 19.2. The molecule has 1 unspecified atom stereocenters. The lowest BCUT2D eigenvalue weighted by molar-refractivity contribution is -0.136. The molecule has 0 saturated heterocycles. The molecule has 0 aliphatic carbocycles. The van der Waals surface area contributed by atoms with Crippen molar-refractivity contribution in [3.63, 3.8) is 0 Å². The summed E-state index contributed by atoms with van der Waals surface area (Å²) < 4.78 is 10.4. The highest BCUT2D eigenvalue weighted by Gasteiger charge is 2.43. The van der Waals surface area contributed by atoms with Crippen molar-refractivity contribution in [3.8, 4) is 11.5 Å². The van der Waals surface area contributed by atoms with Gasteiger partial charge in [-0.3, -0.25) is 9.69 Å². The van der Waals surface area contributed by atoms with E-state index in [2.05, 4.69) is 0 Å². The smallest absolute Gasteiger partial charge is 0.336 e. The number of anilines is 1. The third-order valence-electron chi connectivity index (χ3n) is 5.02. The Hall–Kier alpha value is -3.28. The zero-order valence-corrected chi connectivity index (χ0v) is 15.1. The molecule has 0 fully saturated rings. The second-order valence-electron chi connectivity index (χ2n) is 6.69. The summed E-state index contributed by atoms with van der Waals surface area (Å²) in [5, 5.41) is 9.83. The number of carbonyl (C=O) groups is 2. The summed E-state index contributed by atoms with van der Waals surface area (Å²) in [5.74, 6) is -0.638. The van der Waals surface area contributed by atoms with Crippen molar-refractivity contribution in [1.82, 2.24) is 0 Å². The van der Waals surface area contributed by atoms with Crippen molar-refractivity contribution < 1.29 is 24.2 Å². The van der Waals surface area contributed by atoms with Gasteiger partial charge in [-0.15, -0.1) is 0 Å². The highest BCUT2D eigenvalue weighted by Crippen LogP contribution is 2.43. The Morgan fingerprint density at radius 3 is 2.59 bits per heavy atom. The van der Waals surface area contributed by atoms with Crippen LogP contribution in [0.15, 0.2) is 53.7 Å². The van der Waals surface area contributed by atoms with Crippen LogP contribution >= 0.6 is 0 Å². The van der Waals surface area contributed by atoms with E-state index in [-0.39, 0.29) is 24.7 Å². The number of aromatic hydroxyl groups is 1.